The third-order valence-corrected chi connectivity index (χ3v) is 6.68. The molecular formula is C17H33IN4S. The maximum atomic E-state index is 4.85. The van der Waals surface area contributed by atoms with Crippen molar-refractivity contribution in [2.75, 3.05) is 38.5 Å². The molecule has 3 fully saturated rings. The topological polar surface area (TPSA) is 39.7 Å². The Morgan fingerprint density at radius 1 is 1.30 bits per heavy atom. The minimum Gasteiger partial charge on any atom is -0.357 e. The highest BCUT2D eigenvalue weighted by atomic mass is 127. The van der Waals surface area contributed by atoms with Gasteiger partial charge >= 0.3 is 0 Å². The highest BCUT2D eigenvalue weighted by Gasteiger charge is 2.34. The Hall–Kier alpha value is 0.310. The van der Waals surface area contributed by atoms with Crippen molar-refractivity contribution < 1.29 is 0 Å². The lowest BCUT2D eigenvalue weighted by Gasteiger charge is -2.21. The van der Waals surface area contributed by atoms with E-state index in [0.29, 0.717) is 4.75 Å². The second-order valence-electron chi connectivity index (χ2n) is 7.36. The largest absolute Gasteiger partial charge is 0.357 e. The van der Waals surface area contributed by atoms with Crippen LogP contribution in [0.25, 0.3) is 0 Å². The summed E-state index contributed by atoms with van der Waals surface area (Å²) in [6, 6.07) is 0.922. The summed E-state index contributed by atoms with van der Waals surface area (Å²) in [7, 11) is 0. The summed E-state index contributed by atoms with van der Waals surface area (Å²) in [6.07, 6.45) is 6.86. The van der Waals surface area contributed by atoms with E-state index in [1.54, 1.807) is 0 Å². The lowest BCUT2D eigenvalue weighted by atomic mass is 10.1. The third kappa shape index (κ3) is 5.96. The van der Waals surface area contributed by atoms with Crippen LogP contribution < -0.4 is 10.6 Å². The maximum Gasteiger partial charge on any atom is 0.191 e. The van der Waals surface area contributed by atoms with E-state index < -0.39 is 0 Å². The monoisotopic (exact) mass is 452 g/mol. The first-order valence-electron chi connectivity index (χ1n) is 9.09. The van der Waals surface area contributed by atoms with Gasteiger partial charge in [0.05, 0.1) is 6.54 Å². The van der Waals surface area contributed by atoms with E-state index in [2.05, 4.69) is 41.1 Å². The highest BCUT2D eigenvalue weighted by Crippen LogP contribution is 2.37. The number of halogens is 1. The van der Waals surface area contributed by atoms with Gasteiger partial charge in [-0.3, -0.25) is 4.99 Å². The molecule has 0 amide bonds. The number of thioether (sulfide) groups is 1. The molecule has 23 heavy (non-hydrogen) atoms. The van der Waals surface area contributed by atoms with Gasteiger partial charge < -0.3 is 15.5 Å². The fourth-order valence-corrected chi connectivity index (χ4v) is 4.82. The molecule has 2 aliphatic heterocycles. The Morgan fingerprint density at radius 3 is 2.78 bits per heavy atom. The van der Waals surface area contributed by atoms with E-state index in [4.69, 9.17) is 4.99 Å². The van der Waals surface area contributed by atoms with Gasteiger partial charge in [0.2, 0.25) is 0 Å². The van der Waals surface area contributed by atoms with E-state index >= 15 is 0 Å². The van der Waals surface area contributed by atoms with Crippen LogP contribution in [-0.2, 0) is 0 Å². The molecule has 1 saturated carbocycles. The Labute approximate surface area is 163 Å². The zero-order chi connectivity index (χ0) is 15.4. The molecule has 4 nitrogen and oxygen atoms in total. The van der Waals surface area contributed by atoms with E-state index in [-0.39, 0.29) is 24.0 Å². The molecule has 2 atom stereocenters. The van der Waals surface area contributed by atoms with Crippen LogP contribution in [0.2, 0.25) is 0 Å². The average molecular weight is 452 g/mol. The second-order valence-corrected chi connectivity index (χ2v) is 9.04. The number of nitrogens with one attached hydrogen (secondary N) is 2. The van der Waals surface area contributed by atoms with E-state index in [1.807, 2.05) is 0 Å². The summed E-state index contributed by atoms with van der Waals surface area (Å²) in [6.45, 7) is 10.0. The molecule has 0 aromatic carbocycles. The number of hydrogen-bond donors (Lipinski definition) is 2. The molecule has 0 spiro atoms. The number of rotatable bonds is 6. The molecule has 0 aromatic heterocycles. The number of likely N-dealkylation sites (tertiary alicyclic amines) is 1. The fourth-order valence-electron chi connectivity index (χ4n) is 3.59. The zero-order valence-corrected chi connectivity index (χ0v) is 17.8. The lowest BCUT2D eigenvalue weighted by molar-refractivity contribution is 0.314. The van der Waals surface area contributed by atoms with Crippen molar-refractivity contribution in [2.45, 2.75) is 56.7 Å². The zero-order valence-electron chi connectivity index (χ0n) is 14.6. The normalized spacial score (nSPS) is 31.9. The van der Waals surface area contributed by atoms with Crippen molar-refractivity contribution in [3.8, 4) is 0 Å². The SMILES string of the molecule is CCNC(=NCC1(C)CCCS1)NCC1CCN(C2CC2)C1.I. The van der Waals surface area contributed by atoms with Crippen LogP contribution in [0.5, 0.6) is 0 Å². The standard InChI is InChI=1S/C17H32N4S.HI/c1-3-18-16(20-13-17(2)8-4-10-22-17)19-11-14-7-9-21(12-14)15-5-6-15;/h14-15H,3-13H2,1-2H3,(H2,18,19,20);1H. The summed E-state index contributed by atoms with van der Waals surface area (Å²) in [5.74, 6) is 3.11. The minimum atomic E-state index is 0. The number of guanidine groups is 1. The molecule has 0 radical (unpaired) electrons. The van der Waals surface area contributed by atoms with Gasteiger partial charge in [0, 0.05) is 30.4 Å². The van der Waals surface area contributed by atoms with Crippen LogP contribution in [0, 0.1) is 5.92 Å². The molecule has 2 heterocycles. The van der Waals surface area contributed by atoms with Gasteiger partial charge in [-0.05, 0) is 64.2 Å². The Morgan fingerprint density at radius 2 is 2.13 bits per heavy atom. The predicted octanol–water partition coefficient (Wildman–Crippen LogP) is 2.93. The Kier molecular flexibility index (Phi) is 7.79. The second kappa shape index (κ2) is 9.13. The molecule has 3 rings (SSSR count). The maximum absolute atomic E-state index is 4.85. The van der Waals surface area contributed by atoms with Crippen LogP contribution in [0.3, 0.4) is 0 Å². The van der Waals surface area contributed by atoms with E-state index in [0.717, 1.165) is 37.6 Å². The van der Waals surface area contributed by atoms with Gasteiger partial charge in [-0.15, -0.1) is 24.0 Å². The van der Waals surface area contributed by atoms with Gasteiger partial charge in [-0.25, -0.2) is 0 Å². The van der Waals surface area contributed by atoms with Crippen molar-refractivity contribution in [1.82, 2.24) is 15.5 Å². The first kappa shape index (κ1) is 19.6. The van der Waals surface area contributed by atoms with Crippen LogP contribution in [-0.4, -0.2) is 60.1 Å². The van der Waals surface area contributed by atoms with Crippen molar-refractivity contribution in [3.05, 3.63) is 0 Å². The van der Waals surface area contributed by atoms with E-state index in [9.17, 15) is 0 Å². The van der Waals surface area contributed by atoms with Gasteiger partial charge in [0.25, 0.3) is 0 Å². The van der Waals surface area contributed by atoms with Gasteiger partial charge in [-0.1, -0.05) is 0 Å². The summed E-state index contributed by atoms with van der Waals surface area (Å²) in [5, 5.41) is 7.00. The summed E-state index contributed by atoms with van der Waals surface area (Å²) in [4.78, 5) is 7.54. The van der Waals surface area contributed by atoms with Crippen LogP contribution >= 0.6 is 35.7 Å². The number of nitrogens with zero attached hydrogens (tertiary/aromatic N) is 2. The quantitative estimate of drug-likeness (QED) is 0.370. The molecule has 1 aliphatic carbocycles. The Bertz CT molecular complexity index is 394. The van der Waals surface area contributed by atoms with Crippen molar-refractivity contribution >= 4 is 41.7 Å². The summed E-state index contributed by atoms with van der Waals surface area (Å²) < 4.78 is 0.360. The molecule has 2 saturated heterocycles. The molecule has 3 aliphatic rings. The summed E-state index contributed by atoms with van der Waals surface area (Å²) >= 11 is 2.09. The summed E-state index contributed by atoms with van der Waals surface area (Å²) in [5.41, 5.74) is 0. The van der Waals surface area contributed by atoms with Gasteiger partial charge in [0.15, 0.2) is 5.96 Å². The molecule has 2 N–H and O–H groups in total. The number of aliphatic imine (C=N–C) groups is 1. The minimum absolute atomic E-state index is 0. The number of hydrogen-bond acceptors (Lipinski definition) is 3. The van der Waals surface area contributed by atoms with Gasteiger partial charge in [-0.2, -0.15) is 11.8 Å². The van der Waals surface area contributed by atoms with Crippen LogP contribution in [0.15, 0.2) is 4.99 Å². The van der Waals surface area contributed by atoms with Gasteiger partial charge in [0.1, 0.15) is 0 Å². The fraction of sp³-hybridized carbons (Fsp3) is 0.941. The molecule has 6 heteroatoms. The first-order valence-corrected chi connectivity index (χ1v) is 10.1. The predicted molar refractivity (Wildman–Crippen MR) is 112 cm³/mol. The molecular weight excluding hydrogens is 419 g/mol. The molecule has 134 valence electrons. The van der Waals surface area contributed by atoms with Crippen LogP contribution in [0.1, 0.15) is 46.0 Å². The highest BCUT2D eigenvalue weighted by molar-refractivity contribution is 14.0. The molecule has 0 bridgehead atoms. The van der Waals surface area contributed by atoms with E-state index in [1.165, 1.54) is 50.9 Å². The third-order valence-electron chi connectivity index (χ3n) is 5.16. The lowest BCUT2D eigenvalue weighted by Crippen LogP contribution is -2.41. The smallest absolute Gasteiger partial charge is 0.191 e. The first-order chi connectivity index (χ1) is 10.7. The van der Waals surface area contributed by atoms with Crippen molar-refractivity contribution in [2.24, 2.45) is 10.9 Å². The average Bonchev–Trinajstić information content (AvgIpc) is 3.10. The molecule has 2 unspecified atom stereocenters. The Balaban J connectivity index is 0.00000192. The van der Waals surface area contributed by atoms with Crippen LogP contribution in [0.4, 0.5) is 0 Å². The van der Waals surface area contributed by atoms with Crippen molar-refractivity contribution in [3.63, 3.8) is 0 Å². The van der Waals surface area contributed by atoms with Crippen molar-refractivity contribution in [1.29, 1.82) is 0 Å². The molecule has 0 aromatic rings.